The second kappa shape index (κ2) is 7.21. The molecule has 1 heterocycles. The summed E-state index contributed by atoms with van der Waals surface area (Å²) in [7, 11) is 0. The molecule has 0 N–H and O–H groups in total. The first-order valence-corrected chi connectivity index (χ1v) is 9.19. The molecule has 5 nitrogen and oxygen atoms in total. The fourth-order valence-corrected chi connectivity index (χ4v) is 3.58. The molecular weight excluding hydrogens is 403 g/mol. The summed E-state index contributed by atoms with van der Waals surface area (Å²) in [4.78, 5) is 24.2. The highest BCUT2D eigenvalue weighted by atomic mass is 19.4. The Labute approximate surface area is 165 Å². The summed E-state index contributed by atoms with van der Waals surface area (Å²) in [5, 5.41) is 0. The van der Waals surface area contributed by atoms with Crippen LogP contribution in [-0.4, -0.2) is 42.5 Å². The van der Waals surface area contributed by atoms with E-state index in [-0.39, 0.29) is 18.4 Å². The van der Waals surface area contributed by atoms with E-state index < -0.39 is 53.4 Å². The van der Waals surface area contributed by atoms with E-state index in [1.807, 2.05) is 0 Å². The number of ether oxygens (including phenoxy) is 3. The molecule has 0 radical (unpaired) electrons. The predicted octanol–water partition coefficient (Wildman–Crippen LogP) is 4.55. The number of halogens is 5. The van der Waals surface area contributed by atoms with Crippen LogP contribution in [0.4, 0.5) is 22.0 Å². The van der Waals surface area contributed by atoms with Gasteiger partial charge in [0.25, 0.3) is 0 Å². The van der Waals surface area contributed by atoms with Crippen LogP contribution >= 0.6 is 0 Å². The van der Waals surface area contributed by atoms with Gasteiger partial charge in [-0.1, -0.05) is 19.4 Å². The van der Waals surface area contributed by atoms with Gasteiger partial charge < -0.3 is 14.2 Å². The Kier molecular flexibility index (Phi) is 5.86. The predicted molar refractivity (Wildman–Crippen MR) is 90.8 cm³/mol. The van der Waals surface area contributed by atoms with Crippen molar-refractivity contribution < 1.29 is 45.8 Å². The summed E-state index contributed by atoms with van der Waals surface area (Å²) in [6.45, 7) is 7.34. The van der Waals surface area contributed by atoms with Crippen molar-refractivity contribution in [1.29, 1.82) is 0 Å². The van der Waals surface area contributed by atoms with Gasteiger partial charge >= 0.3 is 29.8 Å². The van der Waals surface area contributed by atoms with Gasteiger partial charge in [-0.2, -0.15) is 22.0 Å². The van der Waals surface area contributed by atoms with Crippen molar-refractivity contribution in [3.63, 3.8) is 0 Å². The molecule has 29 heavy (non-hydrogen) atoms. The second-order valence-electron chi connectivity index (χ2n) is 8.80. The van der Waals surface area contributed by atoms with Crippen molar-refractivity contribution in [3.8, 4) is 0 Å². The SMILES string of the molecule is C=C(C)C(=O)OC1C2(CCCC2)COC(OC(=O)C(C)(C)C)(C(F)(F)F)C1(F)F. The molecule has 0 bridgehead atoms. The average Bonchev–Trinajstić information content (AvgIpc) is 3.01. The van der Waals surface area contributed by atoms with Gasteiger partial charge in [-0.25, -0.2) is 4.79 Å². The Balaban J connectivity index is 2.60. The van der Waals surface area contributed by atoms with Crippen molar-refractivity contribution in [2.45, 2.75) is 77.4 Å². The van der Waals surface area contributed by atoms with E-state index in [0.717, 1.165) is 0 Å². The van der Waals surface area contributed by atoms with Crippen LogP contribution in [0.3, 0.4) is 0 Å². The van der Waals surface area contributed by atoms with Gasteiger partial charge in [-0.05, 0) is 40.5 Å². The summed E-state index contributed by atoms with van der Waals surface area (Å²) >= 11 is 0. The summed E-state index contributed by atoms with van der Waals surface area (Å²) < 4.78 is 86.8. The molecular formula is C19H25F5O5. The fraction of sp³-hybridized carbons (Fsp3) is 0.789. The Morgan fingerprint density at radius 3 is 2.03 bits per heavy atom. The summed E-state index contributed by atoms with van der Waals surface area (Å²) in [6, 6.07) is 0. The van der Waals surface area contributed by atoms with Gasteiger partial charge in [-0.3, -0.25) is 4.79 Å². The molecule has 2 fully saturated rings. The van der Waals surface area contributed by atoms with Crippen molar-refractivity contribution in [2.75, 3.05) is 6.61 Å². The van der Waals surface area contributed by atoms with Crippen molar-refractivity contribution in [3.05, 3.63) is 12.2 Å². The molecule has 2 aliphatic rings. The molecule has 0 aromatic rings. The number of carbonyl (C=O) groups is 2. The highest BCUT2D eigenvalue weighted by Gasteiger charge is 2.83. The van der Waals surface area contributed by atoms with E-state index in [1.54, 1.807) is 0 Å². The number of carbonyl (C=O) groups excluding carboxylic acids is 2. The third-order valence-electron chi connectivity index (χ3n) is 5.28. The third-order valence-corrected chi connectivity index (χ3v) is 5.28. The molecule has 1 spiro atoms. The van der Waals surface area contributed by atoms with Gasteiger partial charge in [0.2, 0.25) is 0 Å². The minimum Gasteiger partial charge on any atom is -0.452 e. The standard InChI is InChI=1S/C19H25F5O5/c1-11(2)12(25)28-13-16(8-6-7-9-16)10-27-18(17(13,20)21,19(22,23)24)29-14(26)15(3,4)5/h13H,1,6-10H2,2-5H3. The van der Waals surface area contributed by atoms with Gasteiger partial charge in [-0.15, -0.1) is 0 Å². The van der Waals surface area contributed by atoms with Crippen molar-refractivity contribution in [1.82, 2.24) is 0 Å². The monoisotopic (exact) mass is 428 g/mol. The number of hydrogen-bond donors (Lipinski definition) is 0. The number of alkyl halides is 5. The van der Waals surface area contributed by atoms with Gasteiger partial charge in [0, 0.05) is 11.0 Å². The maximum atomic E-state index is 15.5. The zero-order chi connectivity index (χ0) is 22.5. The van der Waals surface area contributed by atoms with Crippen LogP contribution in [0, 0.1) is 10.8 Å². The molecule has 1 aliphatic carbocycles. The Morgan fingerprint density at radius 2 is 1.62 bits per heavy atom. The average molecular weight is 428 g/mol. The minimum absolute atomic E-state index is 0.0812. The molecule has 10 heteroatoms. The van der Waals surface area contributed by atoms with Crippen LogP contribution in [-0.2, 0) is 23.8 Å². The second-order valence-corrected chi connectivity index (χ2v) is 8.80. The number of hydrogen-bond acceptors (Lipinski definition) is 5. The molecule has 2 unspecified atom stereocenters. The van der Waals surface area contributed by atoms with E-state index >= 15 is 8.78 Å². The van der Waals surface area contributed by atoms with Crippen LogP contribution in [0.5, 0.6) is 0 Å². The lowest BCUT2D eigenvalue weighted by atomic mass is 9.73. The highest BCUT2D eigenvalue weighted by Crippen LogP contribution is 2.59. The van der Waals surface area contributed by atoms with E-state index in [9.17, 15) is 22.8 Å². The van der Waals surface area contributed by atoms with Crippen molar-refractivity contribution in [2.24, 2.45) is 10.8 Å². The molecule has 0 aromatic heterocycles. The Hall–Kier alpha value is -1.71. The van der Waals surface area contributed by atoms with Crippen molar-refractivity contribution >= 4 is 11.9 Å². The maximum absolute atomic E-state index is 15.5. The van der Waals surface area contributed by atoms with E-state index in [4.69, 9.17) is 4.74 Å². The fourth-order valence-electron chi connectivity index (χ4n) is 3.58. The third kappa shape index (κ3) is 3.87. The molecule has 2 atom stereocenters. The minimum atomic E-state index is -5.79. The highest BCUT2D eigenvalue weighted by molar-refractivity contribution is 5.87. The number of rotatable bonds is 3. The lowest BCUT2D eigenvalue weighted by Crippen LogP contribution is -2.74. The largest absolute Gasteiger partial charge is 0.462 e. The summed E-state index contributed by atoms with van der Waals surface area (Å²) in [5.41, 5.74) is -3.27. The first kappa shape index (κ1) is 23.6. The Morgan fingerprint density at radius 1 is 1.10 bits per heavy atom. The van der Waals surface area contributed by atoms with Crippen LogP contribution in [0.2, 0.25) is 0 Å². The van der Waals surface area contributed by atoms with Crippen LogP contribution in [0.15, 0.2) is 12.2 Å². The molecule has 1 saturated heterocycles. The zero-order valence-electron chi connectivity index (χ0n) is 16.8. The quantitative estimate of drug-likeness (QED) is 0.375. The van der Waals surface area contributed by atoms with E-state index in [2.05, 4.69) is 16.1 Å². The van der Waals surface area contributed by atoms with Gasteiger partial charge in [0.1, 0.15) is 0 Å². The van der Waals surface area contributed by atoms with Crippen LogP contribution in [0.25, 0.3) is 0 Å². The number of esters is 2. The lowest BCUT2D eigenvalue weighted by Gasteiger charge is -2.52. The summed E-state index contributed by atoms with van der Waals surface area (Å²) in [5.74, 6) is -12.2. The zero-order valence-corrected chi connectivity index (χ0v) is 16.8. The molecule has 166 valence electrons. The van der Waals surface area contributed by atoms with Crippen LogP contribution in [0.1, 0.15) is 53.4 Å². The molecule has 1 saturated carbocycles. The molecule has 0 aromatic carbocycles. The molecule has 2 rings (SSSR count). The van der Waals surface area contributed by atoms with Gasteiger partial charge in [0.15, 0.2) is 6.10 Å². The summed E-state index contributed by atoms with van der Waals surface area (Å²) in [6.07, 6.45) is -7.20. The maximum Gasteiger partial charge on any atom is 0.462 e. The normalized spacial score (nSPS) is 28.8. The van der Waals surface area contributed by atoms with Gasteiger partial charge in [0.05, 0.1) is 12.0 Å². The van der Waals surface area contributed by atoms with E-state index in [1.165, 1.54) is 27.7 Å². The molecule has 0 amide bonds. The lowest BCUT2D eigenvalue weighted by molar-refractivity contribution is -0.471. The smallest absolute Gasteiger partial charge is 0.452 e. The molecule has 1 aliphatic heterocycles. The topological polar surface area (TPSA) is 61.8 Å². The first-order chi connectivity index (χ1) is 13.0. The van der Waals surface area contributed by atoms with Crippen LogP contribution < -0.4 is 0 Å². The Bertz CT molecular complexity index is 688. The van der Waals surface area contributed by atoms with E-state index in [0.29, 0.717) is 12.8 Å². The first-order valence-electron chi connectivity index (χ1n) is 9.19.